The minimum Gasteiger partial charge on any atom is -0.463 e. The van der Waals surface area contributed by atoms with Crippen LogP contribution >= 0.6 is 0 Å². The summed E-state index contributed by atoms with van der Waals surface area (Å²) in [5.41, 5.74) is 1.13. The SMILES string of the molecule is O=C1ON=C(c2ccco2)/C1=C/c1ccc([N+](=O)[O-])cc1. The lowest BCUT2D eigenvalue weighted by atomic mass is 10.1. The lowest BCUT2D eigenvalue weighted by Crippen LogP contribution is -2.05. The van der Waals surface area contributed by atoms with Crippen LogP contribution in [-0.2, 0) is 9.63 Å². The number of hydrogen-bond acceptors (Lipinski definition) is 6. The van der Waals surface area contributed by atoms with Gasteiger partial charge in [0.2, 0.25) is 0 Å². The molecule has 0 atom stereocenters. The normalized spacial score (nSPS) is 15.9. The molecule has 0 fully saturated rings. The van der Waals surface area contributed by atoms with Crippen LogP contribution in [0.2, 0.25) is 0 Å². The third kappa shape index (κ3) is 2.44. The number of benzene rings is 1. The molecule has 0 aliphatic carbocycles. The number of rotatable bonds is 3. The summed E-state index contributed by atoms with van der Waals surface area (Å²) in [6.45, 7) is 0. The summed E-state index contributed by atoms with van der Waals surface area (Å²) in [7, 11) is 0. The molecule has 0 bridgehead atoms. The molecule has 104 valence electrons. The largest absolute Gasteiger partial charge is 0.463 e. The molecular formula is C14H8N2O5. The molecule has 0 radical (unpaired) electrons. The van der Waals surface area contributed by atoms with E-state index < -0.39 is 10.9 Å². The zero-order chi connectivity index (χ0) is 14.8. The number of nitrogens with zero attached hydrogens (tertiary/aromatic N) is 2. The monoisotopic (exact) mass is 284 g/mol. The molecule has 0 amide bonds. The number of hydrogen-bond donors (Lipinski definition) is 0. The summed E-state index contributed by atoms with van der Waals surface area (Å²) in [6, 6.07) is 9.12. The second kappa shape index (κ2) is 5.04. The van der Waals surface area contributed by atoms with Gasteiger partial charge >= 0.3 is 5.97 Å². The number of oxime groups is 1. The van der Waals surface area contributed by atoms with Crippen molar-refractivity contribution in [3.63, 3.8) is 0 Å². The molecule has 1 aliphatic rings. The van der Waals surface area contributed by atoms with Crippen molar-refractivity contribution in [2.24, 2.45) is 5.16 Å². The van der Waals surface area contributed by atoms with Gasteiger partial charge < -0.3 is 9.25 Å². The summed E-state index contributed by atoms with van der Waals surface area (Å²) >= 11 is 0. The topological polar surface area (TPSA) is 94.9 Å². The summed E-state index contributed by atoms with van der Waals surface area (Å²) < 4.78 is 5.19. The first-order valence-corrected chi connectivity index (χ1v) is 5.95. The molecule has 0 unspecified atom stereocenters. The van der Waals surface area contributed by atoms with E-state index in [-0.39, 0.29) is 11.3 Å². The van der Waals surface area contributed by atoms with Gasteiger partial charge in [-0.3, -0.25) is 10.1 Å². The zero-order valence-electron chi connectivity index (χ0n) is 10.6. The van der Waals surface area contributed by atoms with Crippen molar-refractivity contribution in [1.29, 1.82) is 0 Å². The lowest BCUT2D eigenvalue weighted by molar-refractivity contribution is -0.384. The maximum atomic E-state index is 11.7. The van der Waals surface area contributed by atoms with Gasteiger partial charge in [0.05, 0.1) is 16.8 Å². The molecular weight excluding hydrogens is 276 g/mol. The van der Waals surface area contributed by atoms with Gasteiger partial charge in [0, 0.05) is 12.1 Å². The van der Waals surface area contributed by atoms with Crippen LogP contribution < -0.4 is 0 Å². The highest BCUT2D eigenvalue weighted by molar-refractivity contribution is 6.30. The fourth-order valence-corrected chi connectivity index (χ4v) is 1.86. The van der Waals surface area contributed by atoms with Crippen LogP contribution in [0, 0.1) is 10.1 Å². The predicted molar refractivity (Wildman–Crippen MR) is 72.4 cm³/mol. The van der Waals surface area contributed by atoms with Gasteiger partial charge in [-0.25, -0.2) is 4.79 Å². The van der Waals surface area contributed by atoms with Crippen molar-refractivity contribution in [2.75, 3.05) is 0 Å². The fraction of sp³-hybridized carbons (Fsp3) is 0. The first kappa shape index (κ1) is 12.8. The summed E-state index contributed by atoms with van der Waals surface area (Å²) in [4.78, 5) is 26.5. The first-order valence-electron chi connectivity index (χ1n) is 5.95. The molecule has 0 saturated carbocycles. The van der Waals surface area contributed by atoms with Gasteiger partial charge in [0.25, 0.3) is 5.69 Å². The number of nitro benzene ring substituents is 1. The highest BCUT2D eigenvalue weighted by atomic mass is 16.7. The van der Waals surface area contributed by atoms with Crippen molar-refractivity contribution in [3.8, 4) is 0 Å². The molecule has 0 N–H and O–H groups in total. The Balaban J connectivity index is 1.95. The minimum absolute atomic E-state index is 0.0222. The van der Waals surface area contributed by atoms with Crippen LogP contribution in [0.15, 0.2) is 57.8 Å². The molecule has 2 heterocycles. The average molecular weight is 284 g/mol. The Bertz CT molecular complexity index is 757. The Kier molecular flexibility index (Phi) is 3.07. The van der Waals surface area contributed by atoms with Crippen LogP contribution in [0.3, 0.4) is 0 Å². The van der Waals surface area contributed by atoms with E-state index in [2.05, 4.69) is 9.99 Å². The van der Waals surface area contributed by atoms with Gasteiger partial charge in [-0.2, -0.15) is 0 Å². The molecule has 1 aromatic heterocycles. The van der Waals surface area contributed by atoms with Gasteiger partial charge in [-0.05, 0) is 35.9 Å². The summed E-state index contributed by atoms with van der Waals surface area (Å²) in [5.74, 6) is -0.186. The van der Waals surface area contributed by atoms with Crippen LogP contribution in [0.1, 0.15) is 11.3 Å². The molecule has 1 aliphatic heterocycles. The highest BCUT2D eigenvalue weighted by Crippen LogP contribution is 2.22. The minimum atomic E-state index is -0.597. The van der Waals surface area contributed by atoms with E-state index in [1.807, 2.05) is 0 Å². The summed E-state index contributed by atoms with van der Waals surface area (Å²) in [5, 5.41) is 14.3. The van der Waals surface area contributed by atoms with E-state index in [9.17, 15) is 14.9 Å². The van der Waals surface area contributed by atoms with Crippen LogP contribution in [0.4, 0.5) is 5.69 Å². The Hall–Kier alpha value is -3.22. The maximum Gasteiger partial charge on any atom is 0.368 e. The molecule has 0 spiro atoms. The predicted octanol–water partition coefficient (Wildman–Crippen LogP) is 2.53. The number of nitro groups is 1. The smallest absolute Gasteiger partial charge is 0.368 e. The summed E-state index contributed by atoms with van der Waals surface area (Å²) in [6.07, 6.45) is 3.00. The molecule has 1 aromatic carbocycles. The standard InChI is InChI=1S/C14H8N2O5/c17-14-11(13(15-21-14)12-2-1-7-20-12)8-9-3-5-10(6-4-9)16(18)19/h1-8H/b11-8-. The van der Waals surface area contributed by atoms with Crippen molar-refractivity contribution in [1.82, 2.24) is 0 Å². The molecule has 21 heavy (non-hydrogen) atoms. The van der Waals surface area contributed by atoms with Crippen LogP contribution in [0.25, 0.3) is 6.08 Å². The van der Waals surface area contributed by atoms with Crippen molar-refractivity contribution < 1.29 is 19.0 Å². The average Bonchev–Trinajstić information content (AvgIpc) is 3.10. The van der Waals surface area contributed by atoms with E-state index in [0.717, 1.165) is 0 Å². The number of carbonyl (C=O) groups is 1. The lowest BCUT2D eigenvalue weighted by Gasteiger charge is -1.97. The van der Waals surface area contributed by atoms with Crippen LogP contribution in [-0.4, -0.2) is 16.6 Å². The Morgan fingerprint density at radius 1 is 1.19 bits per heavy atom. The van der Waals surface area contributed by atoms with E-state index >= 15 is 0 Å². The highest BCUT2D eigenvalue weighted by Gasteiger charge is 2.28. The van der Waals surface area contributed by atoms with Crippen LogP contribution in [0.5, 0.6) is 0 Å². The van der Waals surface area contributed by atoms with Gasteiger partial charge in [0.15, 0.2) is 11.5 Å². The third-order valence-corrected chi connectivity index (χ3v) is 2.86. The molecule has 2 aromatic rings. The second-order valence-electron chi connectivity index (χ2n) is 4.20. The first-order chi connectivity index (χ1) is 10.1. The Morgan fingerprint density at radius 3 is 2.57 bits per heavy atom. The van der Waals surface area contributed by atoms with Gasteiger partial charge in [-0.15, -0.1) is 0 Å². The van der Waals surface area contributed by atoms with Crippen molar-refractivity contribution in [2.45, 2.75) is 0 Å². The Morgan fingerprint density at radius 2 is 1.95 bits per heavy atom. The van der Waals surface area contributed by atoms with E-state index in [4.69, 9.17) is 4.42 Å². The van der Waals surface area contributed by atoms with Crippen molar-refractivity contribution in [3.05, 3.63) is 69.7 Å². The third-order valence-electron chi connectivity index (χ3n) is 2.86. The molecule has 7 nitrogen and oxygen atoms in total. The second-order valence-corrected chi connectivity index (χ2v) is 4.20. The van der Waals surface area contributed by atoms with E-state index in [1.54, 1.807) is 18.2 Å². The fourth-order valence-electron chi connectivity index (χ4n) is 1.86. The Labute approximate surface area is 118 Å². The van der Waals surface area contributed by atoms with E-state index in [0.29, 0.717) is 17.0 Å². The van der Waals surface area contributed by atoms with Gasteiger partial charge in [0.1, 0.15) is 0 Å². The molecule has 3 rings (SSSR count). The van der Waals surface area contributed by atoms with E-state index in [1.165, 1.54) is 30.5 Å². The maximum absolute atomic E-state index is 11.7. The number of carbonyl (C=O) groups excluding carboxylic acids is 1. The molecule has 0 saturated heterocycles. The quantitative estimate of drug-likeness (QED) is 0.373. The number of furan rings is 1. The van der Waals surface area contributed by atoms with Crippen molar-refractivity contribution >= 4 is 23.4 Å². The molecule has 7 heteroatoms. The number of non-ortho nitro benzene ring substituents is 1. The van der Waals surface area contributed by atoms with Gasteiger partial charge in [-0.1, -0.05) is 5.16 Å². The zero-order valence-corrected chi connectivity index (χ0v) is 10.6.